The van der Waals surface area contributed by atoms with Crippen molar-refractivity contribution in [1.82, 2.24) is 0 Å². The monoisotopic (exact) mass is 418 g/mol. The van der Waals surface area contributed by atoms with Gasteiger partial charge >= 0.3 is 0 Å². The molecule has 0 unspecified atom stereocenters. The lowest BCUT2D eigenvalue weighted by molar-refractivity contribution is 0.771. The second-order valence-corrected chi connectivity index (χ2v) is 8.97. The Morgan fingerprint density at radius 2 is 0.727 bits per heavy atom. The van der Waals surface area contributed by atoms with Crippen molar-refractivity contribution < 1.29 is 0 Å². The van der Waals surface area contributed by atoms with Crippen LogP contribution in [0.25, 0.3) is 32.7 Å². The van der Waals surface area contributed by atoms with Crippen LogP contribution in [0.3, 0.4) is 0 Å². The predicted octanol–water partition coefficient (Wildman–Crippen LogP) is 8.36. The van der Waals surface area contributed by atoms with Crippen molar-refractivity contribution in [3.8, 4) is 11.1 Å². The largest absolute Gasteiger partial charge is 0.0714 e. The van der Waals surface area contributed by atoms with Crippen molar-refractivity contribution in [2.24, 2.45) is 0 Å². The van der Waals surface area contributed by atoms with Crippen molar-refractivity contribution in [2.75, 3.05) is 0 Å². The summed E-state index contributed by atoms with van der Waals surface area (Å²) in [5.41, 5.74) is 7.64. The van der Waals surface area contributed by atoms with Gasteiger partial charge in [-0.2, -0.15) is 0 Å². The third-order valence-electron chi connectivity index (χ3n) is 7.32. The molecule has 0 heteroatoms. The first-order valence-electron chi connectivity index (χ1n) is 11.5. The highest BCUT2D eigenvalue weighted by molar-refractivity contribution is 5.91. The molecule has 1 aliphatic rings. The van der Waals surface area contributed by atoms with Crippen molar-refractivity contribution in [3.05, 3.63) is 156 Å². The van der Waals surface area contributed by atoms with E-state index in [2.05, 4.69) is 133 Å². The average Bonchev–Trinajstić information content (AvgIpc) is 3.19. The fraction of sp³-hybridized carbons (Fsp3) is 0.0303. The molecule has 0 saturated heterocycles. The summed E-state index contributed by atoms with van der Waals surface area (Å²) in [6.45, 7) is 0. The van der Waals surface area contributed by atoms with Gasteiger partial charge in [0.25, 0.3) is 0 Å². The molecule has 1 aliphatic carbocycles. The van der Waals surface area contributed by atoms with Crippen LogP contribution in [-0.2, 0) is 5.41 Å². The highest BCUT2D eigenvalue weighted by atomic mass is 14.5. The Bertz CT molecular complexity index is 1540. The second-order valence-electron chi connectivity index (χ2n) is 8.97. The Morgan fingerprint density at radius 1 is 0.333 bits per heavy atom. The van der Waals surface area contributed by atoms with Gasteiger partial charge in [0, 0.05) is 0 Å². The third kappa shape index (κ3) is 2.52. The SMILES string of the molecule is c1ccc2c(c1)-c1ccccc1C2(c1ccc2ccccc2c1)c1ccc2ccccc2c1. The van der Waals surface area contributed by atoms with Crippen LogP contribution in [0.15, 0.2) is 133 Å². The quantitative estimate of drug-likeness (QED) is 0.265. The number of rotatable bonds is 2. The summed E-state index contributed by atoms with van der Waals surface area (Å²) in [7, 11) is 0. The standard InChI is InChI=1S/C33H22/c1-3-11-25-21-27(19-17-23(25)9-1)33(28-20-18-24-10-2-4-12-26(24)22-28)31-15-7-5-13-29(31)30-14-6-8-16-32(30)33/h1-22H. The van der Waals surface area contributed by atoms with E-state index in [-0.39, 0.29) is 5.41 Å². The zero-order valence-corrected chi connectivity index (χ0v) is 18.2. The maximum Gasteiger partial charge on any atom is 0.0714 e. The van der Waals surface area contributed by atoms with Crippen LogP contribution in [0.1, 0.15) is 22.3 Å². The van der Waals surface area contributed by atoms with Crippen LogP contribution < -0.4 is 0 Å². The molecule has 6 aromatic carbocycles. The molecule has 154 valence electrons. The first-order valence-corrected chi connectivity index (χ1v) is 11.5. The fourth-order valence-electron chi connectivity index (χ4n) is 5.87. The summed E-state index contributed by atoms with van der Waals surface area (Å²) in [5.74, 6) is 0. The van der Waals surface area contributed by atoms with E-state index in [9.17, 15) is 0 Å². The van der Waals surface area contributed by atoms with Gasteiger partial charge in [-0.3, -0.25) is 0 Å². The van der Waals surface area contributed by atoms with E-state index >= 15 is 0 Å². The van der Waals surface area contributed by atoms with Crippen molar-refractivity contribution in [3.63, 3.8) is 0 Å². The predicted molar refractivity (Wildman–Crippen MR) is 139 cm³/mol. The van der Waals surface area contributed by atoms with E-state index in [1.165, 1.54) is 54.9 Å². The van der Waals surface area contributed by atoms with E-state index < -0.39 is 0 Å². The summed E-state index contributed by atoms with van der Waals surface area (Å²) >= 11 is 0. The van der Waals surface area contributed by atoms with E-state index in [1.54, 1.807) is 0 Å². The molecule has 0 fully saturated rings. The Kier molecular flexibility index (Phi) is 3.86. The molecule has 0 heterocycles. The molecular formula is C33H22. The normalized spacial score (nSPS) is 13.7. The van der Waals surface area contributed by atoms with Gasteiger partial charge in [0.1, 0.15) is 0 Å². The zero-order valence-electron chi connectivity index (χ0n) is 18.2. The van der Waals surface area contributed by atoms with Crippen LogP contribution in [-0.4, -0.2) is 0 Å². The minimum atomic E-state index is -0.360. The van der Waals surface area contributed by atoms with Gasteiger partial charge in [-0.05, 0) is 67.1 Å². The van der Waals surface area contributed by atoms with Crippen molar-refractivity contribution in [2.45, 2.75) is 5.41 Å². The Labute approximate surface area is 193 Å². The van der Waals surface area contributed by atoms with Gasteiger partial charge in [-0.25, -0.2) is 0 Å². The summed E-state index contributed by atoms with van der Waals surface area (Å²) in [4.78, 5) is 0. The van der Waals surface area contributed by atoms with E-state index in [0.29, 0.717) is 0 Å². The van der Waals surface area contributed by atoms with Gasteiger partial charge in [0.05, 0.1) is 5.41 Å². The molecule has 0 radical (unpaired) electrons. The Morgan fingerprint density at radius 3 is 1.21 bits per heavy atom. The molecule has 6 aromatic rings. The van der Waals surface area contributed by atoms with Gasteiger partial charge in [-0.1, -0.05) is 121 Å². The summed E-state index contributed by atoms with van der Waals surface area (Å²) in [6, 6.07) is 49.2. The van der Waals surface area contributed by atoms with Gasteiger partial charge < -0.3 is 0 Å². The average molecular weight is 419 g/mol. The molecule has 0 saturated carbocycles. The highest BCUT2D eigenvalue weighted by Crippen LogP contribution is 2.56. The maximum atomic E-state index is 2.39. The number of hydrogen-bond acceptors (Lipinski definition) is 0. The summed E-state index contributed by atoms with van der Waals surface area (Å²) < 4.78 is 0. The zero-order chi connectivity index (χ0) is 21.8. The van der Waals surface area contributed by atoms with Crippen LogP contribution in [0.4, 0.5) is 0 Å². The molecule has 0 N–H and O–H groups in total. The Balaban J connectivity index is 1.65. The topological polar surface area (TPSA) is 0 Å². The third-order valence-corrected chi connectivity index (χ3v) is 7.32. The lowest BCUT2D eigenvalue weighted by Gasteiger charge is -2.34. The van der Waals surface area contributed by atoms with E-state index in [4.69, 9.17) is 0 Å². The van der Waals surface area contributed by atoms with Gasteiger partial charge in [-0.15, -0.1) is 0 Å². The van der Waals surface area contributed by atoms with Crippen LogP contribution in [0, 0.1) is 0 Å². The first-order chi connectivity index (χ1) is 16.4. The van der Waals surface area contributed by atoms with Gasteiger partial charge in [0.2, 0.25) is 0 Å². The van der Waals surface area contributed by atoms with Crippen LogP contribution in [0.5, 0.6) is 0 Å². The second kappa shape index (κ2) is 6.92. The first kappa shape index (κ1) is 18.4. The molecule has 0 spiro atoms. The smallest absolute Gasteiger partial charge is 0.0619 e. The molecule has 0 amide bonds. The van der Waals surface area contributed by atoms with E-state index in [1.807, 2.05) is 0 Å². The molecule has 0 bridgehead atoms. The summed E-state index contributed by atoms with van der Waals surface area (Å²) in [6.07, 6.45) is 0. The van der Waals surface area contributed by atoms with Gasteiger partial charge in [0.15, 0.2) is 0 Å². The van der Waals surface area contributed by atoms with E-state index in [0.717, 1.165) is 0 Å². The lowest BCUT2D eigenvalue weighted by Crippen LogP contribution is -2.28. The Hall–Kier alpha value is -4.16. The van der Waals surface area contributed by atoms with Crippen LogP contribution in [0.2, 0.25) is 0 Å². The molecular weight excluding hydrogens is 396 g/mol. The number of fused-ring (bicyclic) bond motifs is 5. The van der Waals surface area contributed by atoms with Crippen molar-refractivity contribution >= 4 is 21.5 Å². The lowest BCUT2D eigenvalue weighted by atomic mass is 9.67. The molecule has 0 atom stereocenters. The maximum absolute atomic E-state index is 2.39. The van der Waals surface area contributed by atoms with Crippen LogP contribution >= 0.6 is 0 Å². The highest BCUT2D eigenvalue weighted by Gasteiger charge is 2.45. The molecule has 0 aliphatic heterocycles. The molecule has 0 aromatic heterocycles. The fourth-order valence-corrected chi connectivity index (χ4v) is 5.87. The molecule has 7 rings (SSSR count). The minimum absolute atomic E-state index is 0.360. The number of benzene rings is 6. The molecule has 33 heavy (non-hydrogen) atoms. The number of hydrogen-bond donors (Lipinski definition) is 0. The summed E-state index contributed by atoms with van der Waals surface area (Å²) in [5, 5.41) is 5.10. The molecule has 0 nitrogen and oxygen atoms in total. The van der Waals surface area contributed by atoms with Crippen molar-refractivity contribution in [1.29, 1.82) is 0 Å². The minimum Gasteiger partial charge on any atom is -0.0619 e.